The maximum Gasteiger partial charge on any atom is 0.124 e. The fourth-order valence-electron chi connectivity index (χ4n) is 2.70. The van der Waals surface area contributed by atoms with Crippen LogP contribution in [0.4, 0.5) is 0 Å². The summed E-state index contributed by atoms with van der Waals surface area (Å²) in [5, 5.41) is 3.49. The van der Waals surface area contributed by atoms with Crippen molar-refractivity contribution in [2.45, 2.75) is 52.3 Å². The Kier molecular flexibility index (Phi) is 4.89. The van der Waals surface area contributed by atoms with Gasteiger partial charge < -0.3 is 20.5 Å². The standard InChI is InChI=1S/C16H26N2O2/c1-5-19-16-7-12-6-11(4)20-15(12)8-13(16)14(9-17)18-10(2)3/h7-8,10-11,14,18H,5-6,9,17H2,1-4H3. The monoisotopic (exact) mass is 278 g/mol. The van der Waals surface area contributed by atoms with Crippen molar-refractivity contribution in [3.63, 3.8) is 0 Å². The van der Waals surface area contributed by atoms with E-state index in [4.69, 9.17) is 15.2 Å². The average molecular weight is 278 g/mol. The lowest BCUT2D eigenvalue weighted by Crippen LogP contribution is -2.33. The summed E-state index contributed by atoms with van der Waals surface area (Å²) in [7, 11) is 0. The number of fused-ring (bicyclic) bond motifs is 1. The third kappa shape index (κ3) is 3.25. The lowest BCUT2D eigenvalue weighted by atomic mass is 10.0. The highest BCUT2D eigenvalue weighted by Gasteiger charge is 2.24. The number of ether oxygens (including phenoxy) is 2. The van der Waals surface area contributed by atoms with Gasteiger partial charge in [-0.3, -0.25) is 0 Å². The maximum atomic E-state index is 5.93. The maximum absolute atomic E-state index is 5.93. The van der Waals surface area contributed by atoms with Gasteiger partial charge in [0.25, 0.3) is 0 Å². The lowest BCUT2D eigenvalue weighted by Gasteiger charge is -2.23. The molecule has 0 aliphatic carbocycles. The summed E-state index contributed by atoms with van der Waals surface area (Å²) < 4.78 is 11.7. The van der Waals surface area contributed by atoms with Gasteiger partial charge in [-0.2, -0.15) is 0 Å². The van der Waals surface area contributed by atoms with Crippen LogP contribution in [0.1, 0.15) is 44.9 Å². The molecule has 2 rings (SSSR count). The lowest BCUT2D eigenvalue weighted by molar-refractivity contribution is 0.254. The summed E-state index contributed by atoms with van der Waals surface area (Å²) in [5.74, 6) is 1.90. The molecule has 0 radical (unpaired) electrons. The molecule has 0 fully saturated rings. The van der Waals surface area contributed by atoms with E-state index >= 15 is 0 Å². The third-order valence-corrected chi connectivity index (χ3v) is 3.47. The van der Waals surface area contributed by atoms with Gasteiger partial charge in [0.15, 0.2) is 0 Å². The predicted molar refractivity (Wildman–Crippen MR) is 81.5 cm³/mol. The zero-order chi connectivity index (χ0) is 14.7. The van der Waals surface area contributed by atoms with Crippen LogP contribution in [-0.4, -0.2) is 25.3 Å². The molecular formula is C16H26N2O2. The predicted octanol–water partition coefficient (Wildman–Crippen LogP) is 2.41. The molecule has 0 bridgehead atoms. The van der Waals surface area contributed by atoms with E-state index in [1.807, 2.05) is 6.92 Å². The quantitative estimate of drug-likeness (QED) is 0.839. The molecule has 0 saturated heterocycles. The van der Waals surface area contributed by atoms with E-state index in [0.29, 0.717) is 19.2 Å². The van der Waals surface area contributed by atoms with Crippen molar-refractivity contribution in [2.75, 3.05) is 13.2 Å². The topological polar surface area (TPSA) is 56.5 Å². The van der Waals surface area contributed by atoms with E-state index in [0.717, 1.165) is 23.5 Å². The van der Waals surface area contributed by atoms with Crippen LogP contribution >= 0.6 is 0 Å². The number of rotatable bonds is 6. The van der Waals surface area contributed by atoms with Gasteiger partial charge in [0.1, 0.15) is 17.6 Å². The second-order valence-corrected chi connectivity index (χ2v) is 5.67. The van der Waals surface area contributed by atoms with E-state index < -0.39 is 0 Å². The first-order valence-corrected chi connectivity index (χ1v) is 7.47. The number of hydrogen-bond acceptors (Lipinski definition) is 4. The Morgan fingerprint density at radius 3 is 2.80 bits per heavy atom. The summed E-state index contributed by atoms with van der Waals surface area (Å²) in [4.78, 5) is 0. The van der Waals surface area contributed by atoms with Crippen molar-refractivity contribution in [3.05, 3.63) is 23.3 Å². The van der Waals surface area contributed by atoms with E-state index in [1.165, 1.54) is 5.56 Å². The van der Waals surface area contributed by atoms with Crippen LogP contribution in [0.3, 0.4) is 0 Å². The molecule has 1 heterocycles. The Bertz CT molecular complexity index is 460. The van der Waals surface area contributed by atoms with Gasteiger partial charge >= 0.3 is 0 Å². The summed E-state index contributed by atoms with van der Waals surface area (Å²) in [5.41, 5.74) is 8.25. The first-order valence-electron chi connectivity index (χ1n) is 7.47. The van der Waals surface area contributed by atoms with Gasteiger partial charge in [-0.1, -0.05) is 13.8 Å². The molecule has 1 aromatic carbocycles. The number of nitrogens with two attached hydrogens (primary N) is 1. The summed E-state index contributed by atoms with van der Waals surface area (Å²) in [6.07, 6.45) is 1.18. The van der Waals surface area contributed by atoms with Crippen molar-refractivity contribution in [2.24, 2.45) is 5.73 Å². The minimum absolute atomic E-state index is 0.0846. The van der Waals surface area contributed by atoms with E-state index in [2.05, 4.69) is 38.2 Å². The zero-order valence-corrected chi connectivity index (χ0v) is 12.9. The molecule has 112 valence electrons. The Labute approximate surface area is 121 Å². The van der Waals surface area contributed by atoms with Crippen LogP contribution in [0, 0.1) is 0 Å². The second kappa shape index (κ2) is 6.46. The minimum Gasteiger partial charge on any atom is -0.494 e. The molecule has 1 aromatic rings. The number of benzene rings is 1. The normalized spacial score (nSPS) is 18.8. The average Bonchev–Trinajstić information content (AvgIpc) is 2.74. The molecule has 1 aliphatic heterocycles. The fraction of sp³-hybridized carbons (Fsp3) is 0.625. The molecule has 3 N–H and O–H groups in total. The minimum atomic E-state index is 0.0846. The molecule has 0 amide bonds. The number of hydrogen-bond donors (Lipinski definition) is 2. The zero-order valence-electron chi connectivity index (χ0n) is 12.9. The fourth-order valence-corrected chi connectivity index (χ4v) is 2.70. The van der Waals surface area contributed by atoms with E-state index in [1.54, 1.807) is 0 Å². The first kappa shape index (κ1) is 15.1. The van der Waals surface area contributed by atoms with Crippen molar-refractivity contribution < 1.29 is 9.47 Å². The SMILES string of the molecule is CCOc1cc2c(cc1C(CN)NC(C)C)OC(C)C2. The molecule has 20 heavy (non-hydrogen) atoms. The molecule has 4 heteroatoms. The molecule has 4 nitrogen and oxygen atoms in total. The molecule has 2 atom stereocenters. The van der Waals surface area contributed by atoms with Crippen LogP contribution < -0.4 is 20.5 Å². The van der Waals surface area contributed by atoms with Crippen LogP contribution in [0.5, 0.6) is 11.5 Å². The van der Waals surface area contributed by atoms with Crippen LogP contribution in [0.15, 0.2) is 12.1 Å². The van der Waals surface area contributed by atoms with E-state index in [-0.39, 0.29) is 12.1 Å². The van der Waals surface area contributed by atoms with Crippen LogP contribution in [0.2, 0.25) is 0 Å². The molecule has 0 spiro atoms. The van der Waals surface area contributed by atoms with E-state index in [9.17, 15) is 0 Å². The molecular weight excluding hydrogens is 252 g/mol. The Balaban J connectivity index is 2.36. The Morgan fingerprint density at radius 1 is 1.45 bits per heavy atom. The Hall–Kier alpha value is -1.26. The van der Waals surface area contributed by atoms with Crippen molar-refractivity contribution in [3.8, 4) is 11.5 Å². The summed E-state index contributed by atoms with van der Waals surface area (Å²) >= 11 is 0. The highest BCUT2D eigenvalue weighted by atomic mass is 16.5. The highest BCUT2D eigenvalue weighted by molar-refractivity contribution is 5.50. The van der Waals surface area contributed by atoms with Crippen molar-refractivity contribution in [1.29, 1.82) is 0 Å². The smallest absolute Gasteiger partial charge is 0.124 e. The molecule has 1 aliphatic rings. The third-order valence-electron chi connectivity index (χ3n) is 3.47. The van der Waals surface area contributed by atoms with Gasteiger partial charge in [-0.25, -0.2) is 0 Å². The first-order chi connectivity index (χ1) is 9.55. The van der Waals surface area contributed by atoms with Crippen molar-refractivity contribution in [1.82, 2.24) is 5.32 Å². The second-order valence-electron chi connectivity index (χ2n) is 5.67. The van der Waals surface area contributed by atoms with Gasteiger partial charge in [-0.05, 0) is 26.0 Å². The molecule has 0 aromatic heterocycles. The van der Waals surface area contributed by atoms with Gasteiger partial charge in [-0.15, -0.1) is 0 Å². The van der Waals surface area contributed by atoms with Crippen LogP contribution in [-0.2, 0) is 6.42 Å². The molecule has 0 saturated carbocycles. The summed E-state index contributed by atoms with van der Waals surface area (Å²) in [6, 6.07) is 4.66. The largest absolute Gasteiger partial charge is 0.494 e. The number of nitrogens with one attached hydrogen (secondary N) is 1. The van der Waals surface area contributed by atoms with Gasteiger partial charge in [0.2, 0.25) is 0 Å². The van der Waals surface area contributed by atoms with Crippen LogP contribution in [0.25, 0.3) is 0 Å². The summed E-state index contributed by atoms with van der Waals surface area (Å²) in [6.45, 7) is 9.52. The van der Waals surface area contributed by atoms with Crippen molar-refractivity contribution >= 4 is 0 Å². The molecule has 2 unspecified atom stereocenters. The van der Waals surface area contributed by atoms with Gasteiger partial charge in [0, 0.05) is 36.2 Å². The van der Waals surface area contributed by atoms with Gasteiger partial charge in [0.05, 0.1) is 6.61 Å². The highest BCUT2D eigenvalue weighted by Crippen LogP contribution is 2.37. The Morgan fingerprint density at radius 2 is 2.20 bits per heavy atom.